The van der Waals surface area contributed by atoms with E-state index in [1.54, 1.807) is 24.3 Å². The van der Waals surface area contributed by atoms with Crippen molar-refractivity contribution in [3.8, 4) is 0 Å². The van der Waals surface area contributed by atoms with Gasteiger partial charge in [0.1, 0.15) is 20.2 Å². The van der Waals surface area contributed by atoms with Gasteiger partial charge in [0.15, 0.2) is 0 Å². The number of rotatable bonds is 58. The molecule has 6 nitrogen and oxygen atoms in total. The van der Waals surface area contributed by atoms with Gasteiger partial charge in [0, 0.05) is 0 Å². The third kappa shape index (κ3) is 55.2. The molecule has 0 aliphatic carbocycles. The normalized spacial score (nSPS) is 11.7. The molecular weight excluding hydrogens is 1040 g/mol. The predicted octanol–water partition coefficient (Wildman–Crippen LogP) is 23.0. The third-order valence-electron chi connectivity index (χ3n) is 16.6. The average molecular weight is 1170 g/mol. The Hall–Kier alpha value is -0.480. The molecule has 0 fully saturated rings. The first kappa shape index (κ1) is 78.5. The van der Waals surface area contributed by atoms with Crippen molar-refractivity contribution in [2.24, 2.45) is 0 Å². The van der Waals surface area contributed by atoms with Gasteiger partial charge in [0.05, 0.1) is 9.79 Å². The summed E-state index contributed by atoms with van der Waals surface area (Å²) in [7, 11) is -8.66. The molecular formula is C70H126CaO6S2. The van der Waals surface area contributed by atoms with Crippen molar-refractivity contribution in [1.82, 2.24) is 0 Å². The van der Waals surface area contributed by atoms with Crippen molar-refractivity contribution in [3.63, 3.8) is 0 Å². The van der Waals surface area contributed by atoms with Crippen LogP contribution in [0, 0.1) is 0 Å². The van der Waals surface area contributed by atoms with E-state index in [0.29, 0.717) is 0 Å². The largest absolute Gasteiger partial charge is 2.00 e. The van der Waals surface area contributed by atoms with Gasteiger partial charge < -0.3 is 9.11 Å². The van der Waals surface area contributed by atoms with E-state index in [2.05, 4.69) is 13.8 Å². The van der Waals surface area contributed by atoms with Crippen LogP contribution in [-0.4, -0.2) is 63.7 Å². The minimum atomic E-state index is -4.33. The van der Waals surface area contributed by atoms with Crippen LogP contribution in [0.3, 0.4) is 0 Å². The van der Waals surface area contributed by atoms with Gasteiger partial charge in [-0.3, -0.25) is 0 Å². The van der Waals surface area contributed by atoms with Crippen molar-refractivity contribution in [1.29, 1.82) is 0 Å². The van der Waals surface area contributed by atoms with Crippen LogP contribution in [0.25, 0.3) is 0 Å². The van der Waals surface area contributed by atoms with E-state index in [-0.39, 0.29) is 47.5 Å². The van der Waals surface area contributed by atoms with E-state index in [1.807, 2.05) is 0 Å². The number of unbranched alkanes of at least 4 members (excludes halogenated alkanes) is 52. The molecule has 9 heteroatoms. The van der Waals surface area contributed by atoms with E-state index < -0.39 is 20.2 Å². The Kier molecular flexibility index (Phi) is 58.9. The molecule has 0 saturated carbocycles. The van der Waals surface area contributed by atoms with Crippen molar-refractivity contribution >= 4 is 58.0 Å². The Morgan fingerprint density at radius 1 is 0.228 bits per heavy atom. The number of hydrogen-bond donors (Lipinski definition) is 0. The molecule has 0 heterocycles. The zero-order valence-corrected chi connectivity index (χ0v) is 56.0. The second kappa shape index (κ2) is 59.3. The summed E-state index contributed by atoms with van der Waals surface area (Å²) in [6.07, 6.45) is 78.0. The van der Waals surface area contributed by atoms with E-state index in [0.717, 1.165) is 36.8 Å². The molecule has 0 spiro atoms. The zero-order valence-electron chi connectivity index (χ0n) is 52.2. The molecule has 0 amide bonds. The Morgan fingerprint density at radius 2 is 0.354 bits per heavy atom. The van der Waals surface area contributed by atoms with Crippen molar-refractivity contribution < 1.29 is 25.9 Å². The number of benzene rings is 2. The van der Waals surface area contributed by atoms with Gasteiger partial charge in [0.2, 0.25) is 0 Å². The maximum absolute atomic E-state index is 11.0. The SMILES string of the molecule is CCCCCCCCCCCCCCCCCCCCCCCCCCCCCc1ccc(S(=O)(=O)[O-])cc1.CCCCCCCCCCCCCCCCCCCCCCCCCCCCCc1ccc(S(=O)(=O)[O-])cc1.[Ca+2]. The second-order valence-electron chi connectivity index (χ2n) is 24.1. The summed E-state index contributed by atoms with van der Waals surface area (Å²) in [5.41, 5.74) is 2.23. The Bertz CT molecular complexity index is 1620. The van der Waals surface area contributed by atoms with Crippen LogP contribution in [0.2, 0.25) is 0 Å². The summed E-state index contributed by atoms with van der Waals surface area (Å²) in [4.78, 5) is -0.266. The monoisotopic (exact) mass is 1170 g/mol. The molecule has 2 aromatic rings. The first-order chi connectivity index (χ1) is 38.1. The van der Waals surface area contributed by atoms with E-state index in [1.165, 1.54) is 358 Å². The molecule has 0 aromatic heterocycles. The molecule has 456 valence electrons. The molecule has 2 rings (SSSR count). The molecule has 79 heavy (non-hydrogen) atoms. The van der Waals surface area contributed by atoms with Gasteiger partial charge in [-0.2, -0.15) is 0 Å². The molecule has 0 N–H and O–H groups in total. The summed E-state index contributed by atoms with van der Waals surface area (Å²) >= 11 is 0. The minimum absolute atomic E-state index is 0. The molecule has 2 aromatic carbocycles. The van der Waals surface area contributed by atoms with Gasteiger partial charge in [-0.05, 0) is 61.1 Å². The van der Waals surface area contributed by atoms with Gasteiger partial charge >= 0.3 is 37.7 Å². The summed E-state index contributed by atoms with van der Waals surface area (Å²) in [5, 5.41) is 0. The van der Waals surface area contributed by atoms with Crippen molar-refractivity contribution in [2.45, 2.75) is 383 Å². The molecule has 0 radical (unpaired) electrons. The number of hydrogen-bond acceptors (Lipinski definition) is 6. The minimum Gasteiger partial charge on any atom is -0.744 e. The first-order valence-corrected chi connectivity index (χ1v) is 37.0. The van der Waals surface area contributed by atoms with Crippen LogP contribution < -0.4 is 0 Å². The molecule has 0 aliphatic heterocycles. The zero-order chi connectivity index (χ0) is 56.6. The van der Waals surface area contributed by atoms with Crippen LogP contribution in [0.5, 0.6) is 0 Å². The number of aryl methyl sites for hydroxylation is 2. The first-order valence-electron chi connectivity index (χ1n) is 34.2. The van der Waals surface area contributed by atoms with Crippen molar-refractivity contribution in [2.75, 3.05) is 0 Å². The van der Waals surface area contributed by atoms with E-state index >= 15 is 0 Å². The maximum Gasteiger partial charge on any atom is 2.00 e. The van der Waals surface area contributed by atoms with Crippen LogP contribution in [0.1, 0.15) is 372 Å². The smallest absolute Gasteiger partial charge is 0.744 e. The Labute approximate surface area is 522 Å². The molecule has 0 saturated heterocycles. The third-order valence-corrected chi connectivity index (χ3v) is 18.3. The quantitative estimate of drug-likeness (QED) is 0.0370. The summed E-state index contributed by atoms with van der Waals surface area (Å²) in [5.74, 6) is 0. The predicted molar refractivity (Wildman–Crippen MR) is 343 cm³/mol. The maximum atomic E-state index is 11.0. The van der Waals surface area contributed by atoms with Crippen LogP contribution in [0.4, 0.5) is 0 Å². The summed E-state index contributed by atoms with van der Waals surface area (Å²) in [6.45, 7) is 4.59. The Morgan fingerprint density at radius 3 is 0.481 bits per heavy atom. The van der Waals surface area contributed by atoms with Gasteiger partial charge in [-0.15, -0.1) is 0 Å². The van der Waals surface area contributed by atoms with Crippen LogP contribution >= 0.6 is 0 Å². The Balaban J connectivity index is 0.00000152. The second-order valence-corrected chi connectivity index (χ2v) is 26.8. The summed E-state index contributed by atoms with van der Waals surface area (Å²) in [6, 6.07) is 12.8. The molecule has 0 atom stereocenters. The van der Waals surface area contributed by atoms with Gasteiger partial charge in [-0.1, -0.05) is 372 Å². The fraction of sp³-hybridized carbons (Fsp3) is 0.829. The van der Waals surface area contributed by atoms with Gasteiger partial charge in [-0.25, -0.2) is 16.8 Å². The average Bonchev–Trinajstić information content (AvgIpc) is 3.43. The standard InChI is InChI=1S/2C35H64O3S.Ca/c2*1-2-3-4-5-6-7-8-9-10-11-12-13-14-15-16-17-18-19-20-21-22-23-24-25-26-27-28-29-34-30-32-35(33-31-34)39(36,37)38;/h2*30-33H,2-29H2,1H3,(H,36,37,38);/q;;+2/p-2. The van der Waals surface area contributed by atoms with Crippen molar-refractivity contribution in [3.05, 3.63) is 59.7 Å². The van der Waals surface area contributed by atoms with Gasteiger partial charge in [0.25, 0.3) is 0 Å². The fourth-order valence-electron chi connectivity index (χ4n) is 11.3. The topological polar surface area (TPSA) is 114 Å². The van der Waals surface area contributed by atoms with E-state index in [9.17, 15) is 25.9 Å². The van der Waals surface area contributed by atoms with E-state index in [4.69, 9.17) is 0 Å². The molecule has 0 bridgehead atoms. The molecule has 0 aliphatic rings. The molecule has 0 unspecified atom stereocenters. The summed E-state index contributed by atoms with van der Waals surface area (Å²) < 4.78 is 65.9. The van der Waals surface area contributed by atoms with Crippen LogP contribution in [0.15, 0.2) is 58.3 Å². The van der Waals surface area contributed by atoms with Crippen LogP contribution in [-0.2, 0) is 33.1 Å². The fourth-order valence-corrected chi connectivity index (χ4v) is 12.2.